The molecule has 0 spiro atoms. The van der Waals surface area contributed by atoms with E-state index in [1.807, 2.05) is 17.9 Å². The second-order valence-corrected chi connectivity index (χ2v) is 6.77. The van der Waals surface area contributed by atoms with Gasteiger partial charge < -0.3 is 14.5 Å². The van der Waals surface area contributed by atoms with Gasteiger partial charge in [0.15, 0.2) is 0 Å². The van der Waals surface area contributed by atoms with Gasteiger partial charge >= 0.3 is 6.18 Å². The van der Waals surface area contributed by atoms with Gasteiger partial charge in [-0.3, -0.25) is 0 Å². The summed E-state index contributed by atoms with van der Waals surface area (Å²) in [6.45, 7) is 6.27. The number of aryl methyl sites for hydroxylation is 1. The van der Waals surface area contributed by atoms with E-state index in [0.29, 0.717) is 5.69 Å². The quantitative estimate of drug-likeness (QED) is 0.897. The summed E-state index contributed by atoms with van der Waals surface area (Å²) < 4.78 is 44.0. The van der Waals surface area contributed by atoms with Gasteiger partial charge in [0, 0.05) is 11.3 Å². The molecule has 0 bridgehead atoms. The number of ether oxygens (including phenoxy) is 1. The molecule has 0 saturated carbocycles. The number of benzene rings is 2. The maximum absolute atomic E-state index is 12.9. The van der Waals surface area contributed by atoms with Crippen molar-refractivity contribution in [2.24, 2.45) is 0 Å². The molecule has 0 amide bonds. The highest BCUT2D eigenvalue weighted by atomic mass is 19.4. The van der Waals surface area contributed by atoms with Gasteiger partial charge in [-0.05, 0) is 48.9 Å². The number of halogens is 3. The molecule has 0 aliphatic carbocycles. The van der Waals surface area contributed by atoms with E-state index in [1.165, 1.54) is 22.6 Å². The molecular formula is C20H24F3N2O+. The lowest BCUT2D eigenvalue weighted by Gasteiger charge is -2.34. The molecule has 3 rings (SSSR count). The van der Waals surface area contributed by atoms with Crippen molar-refractivity contribution in [3.8, 4) is 5.75 Å². The molecule has 6 heteroatoms. The first kappa shape index (κ1) is 18.6. The Morgan fingerprint density at radius 2 is 1.81 bits per heavy atom. The van der Waals surface area contributed by atoms with Crippen molar-refractivity contribution in [3.05, 3.63) is 59.2 Å². The first-order valence-corrected chi connectivity index (χ1v) is 8.76. The number of alkyl halides is 3. The zero-order valence-electron chi connectivity index (χ0n) is 15.1. The summed E-state index contributed by atoms with van der Waals surface area (Å²) in [5.74, 6) is 0.887. The first-order chi connectivity index (χ1) is 12.4. The number of rotatable bonds is 4. The first-order valence-electron chi connectivity index (χ1n) is 8.76. The van der Waals surface area contributed by atoms with Crippen LogP contribution in [0, 0.1) is 6.92 Å². The zero-order chi connectivity index (χ0) is 18.7. The molecule has 0 radical (unpaired) electrons. The van der Waals surface area contributed by atoms with Crippen LogP contribution in [0.25, 0.3) is 0 Å². The smallest absolute Gasteiger partial charge is 0.416 e. The van der Waals surface area contributed by atoms with Crippen LogP contribution in [0.3, 0.4) is 0 Å². The predicted molar refractivity (Wildman–Crippen MR) is 95.8 cm³/mol. The Balaban J connectivity index is 1.60. The van der Waals surface area contributed by atoms with Gasteiger partial charge in [-0.1, -0.05) is 6.07 Å². The van der Waals surface area contributed by atoms with Crippen LogP contribution in [-0.2, 0) is 12.7 Å². The number of anilines is 1. The normalized spacial score (nSPS) is 16.0. The minimum absolute atomic E-state index is 0.585. The third-order valence-electron chi connectivity index (χ3n) is 4.92. The minimum atomic E-state index is -4.30. The molecule has 26 heavy (non-hydrogen) atoms. The van der Waals surface area contributed by atoms with Gasteiger partial charge in [0.05, 0.1) is 38.9 Å². The molecule has 1 fully saturated rings. The summed E-state index contributed by atoms with van der Waals surface area (Å²) in [6, 6.07) is 11.8. The van der Waals surface area contributed by atoms with Gasteiger partial charge in [-0.25, -0.2) is 0 Å². The molecule has 140 valence electrons. The summed E-state index contributed by atoms with van der Waals surface area (Å²) in [7, 11) is 1.67. The van der Waals surface area contributed by atoms with Crippen LogP contribution >= 0.6 is 0 Å². The lowest BCUT2D eigenvalue weighted by atomic mass is 10.1. The van der Waals surface area contributed by atoms with Crippen molar-refractivity contribution in [2.75, 3.05) is 38.2 Å². The zero-order valence-corrected chi connectivity index (χ0v) is 15.1. The van der Waals surface area contributed by atoms with E-state index in [9.17, 15) is 13.2 Å². The molecule has 3 nitrogen and oxygen atoms in total. The van der Waals surface area contributed by atoms with Crippen LogP contribution in [0.4, 0.5) is 18.9 Å². The van der Waals surface area contributed by atoms with Gasteiger partial charge in [-0.2, -0.15) is 13.2 Å². The molecule has 0 aromatic heterocycles. The maximum atomic E-state index is 12.9. The Hall–Kier alpha value is -2.21. The van der Waals surface area contributed by atoms with E-state index in [0.717, 1.165) is 50.1 Å². The average Bonchev–Trinajstić information content (AvgIpc) is 2.62. The Labute approximate surface area is 152 Å². The highest BCUT2D eigenvalue weighted by Gasteiger charge is 2.31. The van der Waals surface area contributed by atoms with E-state index in [1.54, 1.807) is 13.2 Å². The number of nitrogens with one attached hydrogen (secondary N) is 1. The van der Waals surface area contributed by atoms with Crippen molar-refractivity contribution in [3.63, 3.8) is 0 Å². The molecule has 1 aliphatic heterocycles. The predicted octanol–water partition coefficient (Wildman–Crippen LogP) is 2.93. The molecule has 1 heterocycles. The largest absolute Gasteiger partial charge is 0.496 e. The van der Waals surface area contributed by atoms with E-state index >= 15 is 0 Å². The number of quaternary nitrogens is 1. The third kappa shape index (κ3) is 4.30. The summed E-state index contributed by atoms with van der Waals surface area (Å²) in [6.07, 6.45) is -4.30. The lowest BCUT2D eigenvalue weighted by molar-refractivity contribution is -0.914. The van der Waals surface area contributed by atoms with Gasteiger partial charge in [-0.15, -0.1) is 0 Å². The highest BCUT2D eigenvalue weighted by Crippen LogP contribution is 2.31. The molecule has 2 aromatic carbocycles. The van der Waals surface area contributed by atoms with Crippen LogP contribution in [0.15, 0.2) is 42.5 Å². The fourth-order valence-corrected chi connectivity index (χ4v) is 3.48. The van der Waals surface area contributed by atoms with Crippen LogP contribution in [0.1, 0.15) is 16.7 Å². The van der Waals surface area contributed by atoms with Crippen molar-refractivity contribution >= 4 is 5.69 Å². The molecule has 0 unspecified atom stereocenters. The SMILES string of the molecule is COc1ccc(C[NH+]2CCN(c3cccc(C(F)(F)F)c3)CC2)cc1C. The maximum Gasteiger partial charge on any atom is 0.416 e. The second kappa shape index (κ2) is 7.58. The van der Waals surface area contributed by atoms with E-state index < -0.39 is 11.7 Å². The Bertz CT molecular complexity index is 753. The second-order valence-electron chi connectivity index (χ2n) is 6.77. The third-order valence-corrected chi connectivity index (χ3v) is 4.92. The van der Waals surface area contributed by atoms with Crippen LogP contribution in [0.5, 0.6) is 5.75 Å². The van der Waals surface area contributed by atoms with Crippen molar-refractivity contribution in [1.82, 2.24) is 0 Å². The molecular weight excluding hydrogens is 341 g/mol. The summed E-state index contributed by atoms with van der Waals surface area (Å²) in [5.41, 5.74) is 2.44. The van der Waals surface area contributed by atoms with Crippen LogP contribution in [0.2, 0.25) is 0 Å². The van der Waals surface area contributed by atoms with Crippen molar-refractivity contribution < 1.29 is 22.8 Å². The van der Waals surface area contributed by atoms with Crippen molar-refractivity contribution in [2.45, 2.75) is 19.6 Å². The van der Waals surface area contributed by atoms with Crippen LogP contribution < -0.4 is 14.5 Å². The summed E-state index contributed by atoms with van der Waals surface area (Å²) in [4.78, 5) is 3.48. The molecule has 1 saturated heterocycles. The van der Waals surface area contributed by atoms with Gasteiger partial charge in [0.25, 0.3) is 0 Å². The van der Waals surface area contributed by atoms with E-state index in [4.69, 9.17) is 4.74 Å². The van der Waals surface area contributed by atoms with Crippen LogP contribution in [-0.4, -0.2) is 33.3 Å². The average molecular weight is 365 g/mol. The van der Waals surface area contributed by atoms with Gasteiger partial charge in [0.2, 0.25) is 0 Å². The highest BCUT2D eigenvalue weighted by molar-refractivity contribution is 5.49. The fourth-order valence-electron chi connectivity index (χ4n) is 3.48. The summed E-state index contributed by atoms with van der Waals surface area (Å²) in [5, 5.41) is 0. The molecule has 1 aliphatic rings. The number of piperazine rings is 1. The molecule has 0 atom stereocenters. The number of hydrogen-bond donors (Lipinski definition) is 1. The number of methoxy groups -OCH3 is 1. The molecule has 1 N–H and O–H groups in total. The number of hydrogen-bond acceptors (Lipinski definition) is 2. The standard InChI is InChI=1S/C20H23F3N2O/c1-15-12-16(6-7-19(15)26-2)14-24-8-10-25(11-9-24)18-5-3-4-17(13-18)20(21,22)23/h3-7,12-13H,8-11,14H2,1-2H3/p+1. The van der Waals surface area contributed by atoms with E-state index in [-0.39, 0.29) is 0 Å². The fraction of sp³-hybridized carbons (Fsp3) is 0.400. The minimum Gasteiger partial charge on any atom is -0.496 e. The Morgan fingerprint density at radius 3 is 2.42 bits per heavy atom. The van der Waals surface area contributed by atoms with Gasteiger partial charge in [0.1, 0.15) is 12.3 Å². The Kier molecular flexibility index (Phi) is 5.41. The summed E-state index contributed by atoms with van der Waals surface area (Å²) >= 11 is 0. The topological polar surface area (TPSA) is 16.9 Å². The van der Waals surface area contributed by atoms with Crippen molar-refractivity contribution in [1.29, 1.82) is 0 Å². The Morgan fingerprint density at radius 1 is 1.08 bits per heavy atom. The number of nitrogens with zero attached hydrogens (tertiary/aromatic N) is 1. The molecule has 2 aromatic rings. The van der Waals surface area contributed by atoms with E-state index in [2.05, 4.69) is 12.1 Å². The lowest BCUT2D eigenvalue weighted by Crippen LogP contribution is -3.13. The monoisotopic (exact) mass is 365 g/mol.